The largest absolute Gasteiger partial charge is 0.433 e. The summed E-state index contributed by atoms with van der Waals surface area (Å²) in [6.45, 7) is 0. The maximum atomic E-state index is 13.6. The number of amides is 1. The van der Waals surface area contributed by atoms with Gasteiger partial charge in [0.1, 0.15) is 5.69 Å². The van der Waals surface area contributed by atoms with Crippen LogP contribution in [0.5, 0.6) is 0 Å². The van der Waals surface area contributed by atoms with Crippen LogP contribution in [0.2, 0.25) is 0 Å². The molecule has 3 saturated carbocycles. The van der Waals surface area contributed by atoms with E-state index in [-0.39, 0.29) is 30.1 Å². The summed E-state index contributed by atoms with van der Waals surface area (Å²) in [4.78, 5) is 15.3. The van der Waals surface area contributed by atoms with E-state index in [2.05, 4.69) is 4.98 Å². The average Bonchev–Trinajstić information content (AvgIpc) is 3.63. The Balaban J connectivity index is 1.63. The Morgan fingerprint density at radius 2 is 1.54 bits per heavy atom. The highest BCUT2D eigenvalue weighted by molar-refractivity contribution is 7.92. The van der Waals surface area contributed by atoms with Gasteiger partial charge in [0.05, 0.1) is 27.8 Å². The van der Waals surface area contributed by atoms with Crippen LogP contribution in [0.3, 0.4) is 0 Å². The fourth-order valence-electron chi connectivity index (χ4n) is 5.42. The van der Waals surface area contributed by atoms with Crippen molar-refractivity contribution in [1.29, 1.82) is 0 Å². The number of nitrogens with zero attached hydrogens (tertiary/aromatic N) is 1. The number of pyridine rings is 1. The maximum Gasteiger partial charge on any atom is 0.433 e. The van der Waals surface area contributed by atoms with Crippen LogP contribution in [0, 0.1) is 23.7 Å². The summed E-state index contributed by atoms with van der Waals surface area (Å²) in [5.74, 6) is -1.38. The fourth-order valence-corrected chi connectivity index (χ4v) is 7.96. The first-order valence-electron chi connectivity index (χ1n) is 11.8. The molecule has 3 aliphatic rings. The summed E-state index contributed by atoms with van der Waals surface area (Å²) in [6.07, 6.45) is -5.28. The Labute approximate surface area is 199 Å². The molecule has 3 fully saturated rings. The van der Waals surface area contributed by atoms with Gasteiger partial charge in [-0.15, -0.1) is 0 Å². The van der Waals surface area contributed by atoms with Crippen molar-refractivity contribution in [2.24, 2.45) is 29.4 Å². The molecule has 0 spiro atoms. The van der Waals surface area contributed by atoms with Gasteiger partial charge >= 0.3 is 12.4 Å². The minimum Gasteiger partial charge on any atom is -0.366 e. The molecule has 196 valence electrons. The van der Waals surface area contributed by atoms with Gasteiger partial charge in [-0.05, 0) is 74.7 Å². The van der Waals surface area contributed by atoms with Crippen LogP contribution in [0.1, 0.15) is 78.7 Å². The predicted octanol–water partition coefficient (Wildman–Crippen LogP) is 5.17. The quantitative estimate of drug-likeness (QED) is 0.474. The number of hydrogen-bond acceptors (Lipinski definition) is 4. The zero-order chi connectivity index (χ0) is 25.8. The summed E-state index contributed by atoms with van der Waals surface area (Å²) in [5, 5.41) is -0.546. The van der Waals surface area contributed by atoms with Gasteiger partial charge in [0.2, 0.25) is 0 Å². The van der Waals surface area contributed by atoms with Crippen LogP contribution in [-0.2, 0) is 28.6 Å². The molecule has 1 aromatic heterocycles. The maximum absolute atomic E-state index is 13.6. The molecule has 1 amide bonds. The Morgan fingerprint density at radius 1 is 0.943 bits per heavy atom. The lowest BCUT2D eigenvalue weighted by Gasteiger charge is -2.36. The fraction of sp³-hybridized carbons (Fsp3) is 0.739. The number of sulfone groups is 1. The highest BCUT2D eigenvalue weighted by Gasteiger charge is 2.45. The highest BCUT2D eigenvalue weighted by Crippen LogP contribution is 2.46. The third kappa shape index (κ3) is 6.29. The lowest BCUT2D eigenvalue weighted by Crippen LogP contribution is -2.38. The third-order valence-corrected chi connectivity index (χ3v) is 9.88. The molecule has 1 heterocycles. The number of primary amides is 1. The lowest BCUT2D eigenvalue weighted by atomic mass is 9.76. The molecule has 0 saturated heterocycles. The van der Waals surface area contributed by atoms with E-state index in [4.69, 9.17) is 5.73 Å². The molecule has 3 atom stereocenters. The second-order valence-electron chi connectivity index (χ2n) is 10.4. The van der Waals surface area contributed by atoms with Gasteiger partial charge in [-0.3, -0.25) is 4.79 Å². The molecule has 3 unspecified atom stereocenters. The highest BCUT2D eigenvalue weighted by atomic mass is 32.2. The second-order valence-corrected chi connectivity index (χ2v) is 12.6. The van der Waals surface area contributed by atoms with E-state index in [9.17, 15) is 39.6 Å². The smallest absolute Gasteiger partial charge is 0.366 e. The molecule has 12 heteroatoms. The van der Waals surface area contributed by atoms with E-state index in [0.29, 0.717) is 31.6 Å². The van der Waals surface area contributed by atoms with Crippen molar-refractivity contribution >= 4 is 15.7 Å². The minimum absolute atomic E-state index is 0.138. The van der Waals surface area contributed by atoms with Crippen molar-refractivity contribution in [2.45, 2.75) is 75.4 Å². The number of carbonyl (C=O) groups is 1. The van der Waals surface area contributed by atoms with Gasteiger partial charge in [0.15, 0.2) is 9.84 Å². The Hall–Kier alpha value is -1.85. The van der Waals surface area contributed by atoms with E-state index < -0.39 is 61.8 Å². The standard InChI is InChI=1S/C23H28F6N2O3S/c24-22(25,26)16-10-19(23(27,28)29)31-17(20(16)21(30)32)9-14-5-6-18(15(8-14)7-12-1-2-12)35(33,34)11-13-3-4-13/h10,12-15,18H,1-9,11H2,(H2,30,32). The first kappa shape index (κ1) is 26.2. The molecule has 35 heavy (non-hydrogen) atoms. The van der Waals surface area contributed by atoms with Gasteiger partial charge in [-0.25, -0.2) is 13.4 Å². The molecule has 0 aromatic carbocycles. The van der Waals surface area contributed by atoms with Crippen molar-refractivity contribution in [2.75, 3.05) is 5.75 Å². The van der Waals surface area contributed by atoms with Crippen LogP contribution in [0.4, 0.5) is 26.3 Å². The SMILES string of the molecule is NC(=O)c1c(C(F)(F)F)cc(C(F)(F)F)nc1CC1CCC(S(=O)(=O)CC2CC2)C(CC2CC2)C1. The second kappa shape index (κ2) is 9.23. The molecule has 3 aliphatic carbocycles. The van der Waals surface area contributed by atoms with Crippen molar-refractivity contribution < 1.29 is 39.6 Å². The first-order valence-corrected chi connectivity index (χ1v) is 13.6. The number of rotatable bonds is 8. The van der Waals surface area contributed by atoms with Gasteiger partial charge in [0.25, 0.3) is 5.91 Å². The van der Waals surface area contributed by atoms with Crippen LogP contribution in [0.15, 0.2) is 6.07 Å². The van der Waals surface area contributed by atoms with E-state index in [1.54, 1.807) is 0 Å². The summed E-state index contributed by atoms with van der Waals surface area (Å²) in [5.41, 5.74) is 0.00247. The summed E-state index contributed by atoms with van der Waals surface area (Å²) in [7, 11) is -3.34. The first-order chi connectivity index (χ1) is 16.1. The van der Waals surface area contributed by atoms with Crippen LogP contribution in [0.25, 0.3) is 0 Å². The number of carbonyl (C=O) groups excluding carboxylic acids is 1. The number of hydrogen-bond donors (Lipinski definition) is 1. The van der Waals surface area contributed by atoms with Crippen LogP contribution in [-0.4, -0.2) is 30.3 Å². The number of aromatic nitrogens is 1. The van der Waals surface area contributed by atoms with E-state index >= 15 is 0 Å². The summed E-state index contributed by atoms with van der Waals surface area (Å²) < 4.78 is 107. The van der Waals surface area contributed by atoms with Gasteiger partial charge in [-0.2, -0.15) is 26.3 Å². The summed E-state index contributed by atoms with van der Waals surface area (Å²) >= 11 is 0. The van der Waals surface area contributed by atoms with Crippen LogP contribution < -0.4 is 5.73 Å². The monoisotopic (exact) mass is 526 g/mol. The van der Waals surface area contributed by atoms with Crippen molar-refractivity contribution in [3.05, 3.63) is 28.6 Å². The Morgan fingerprint density at radius 3 is 2.06 bits per heavy atom. The molecule has 2 N–H and O–H groups in total. The van der Waals surface area contributed by atoms with E-state index in [0.717, 1.165) is 25.7 Å². The molecule has 4 rings (SSSR count). The molecular formula is C23H28F6N2O3S. The summed E-state index contributed by atoms with van der Waals surface area (Å²) in [6, 6.07) is -0.180. The van der Waals surface area contributed by atoms with Crippen LogP contribution >= 0.6 is 0 Å². The van der Waals surface area contributed by atoms with Crippen molar-refractivity contribution in [3.63, 3.8) is 0 Å². The molecular weight excluding hydrogens is 498 g/mol. The molecule has 0 radical (unpaired) electrons. The Bertz CT molecular complexity index is 1080. The number of halogens is 6. The van der Waals surface area contributed by atoms with Gasteiger partial charge < -0.3 is 5.73 Å². The predicted molar refractivity (Wildman–Crippen MR) is 115 cm³/mol. The van der Waals surface area contributed by atoms with Gasteiger partial charge in [0, 0.05) is 0 Å². The van der Waals surface area contributed by atoms with E-state index in [1.165, 1.54) is 0 Å². The number of nitrogens with two attached hydrogens (primary N) is 1. The minimum atomic E-state index is -5.23. The Kier molecular flexibility index (Phi) is 6.91. The molecule has 5 nitrogen and oxygen atoms in total. The van der Waals surface area contributed by atoms with Crippen molar-refractivity contribution in [3.8, 4) is 0 Å². The lowest BCUT2D eigenvalue weighted by molar-refractivity contribution is -0.145. The topological polar surface area (TPSA) is 90.1 Å². The van der Waals surface area contributed by atoms with Gasteiger partial charge in [-0.1, -0.05) is 12.8 Å². The molecule has 1 aromatic rings. The third-order valence-electron chi connectivity index (χ3n) is 7.40. The molecule has 0 bridgehead atoms. The number of alkyl halides is 6. The zero-order valence-corrected chi connectivity index (χ0v) is 19.8. The van der Waals surface area contributed by atoms with Crippen molar-refractivity contribution in [1.82, 2.24) is 4.98 Å². The normalized spacial score (nSPS) is 26.1. The molecule has 0 aliphatic heterocycles. The zero-order valence-electron chi connectivity index (χ0n) is 19.0. The van der Waals surface area contributed by atoms with E-state index in [1.807, 2.05) is 0 Å². The average molecular weight is 527 g/mol.